The molecule has 5 heteroatoms. The number of fused-ring (bicyclic) bond motifs is 4. The maximum Gasteiger partial charge on any atom is 0.302 e. The van der Waals surface area contributed by atoms with Crippen molar-refractivity contribution in [2.45, 2.75) is 142 Å². The fraction of sp³-hybridized carbons (Fsp3) is 0.969. The Hall–Kier alpha value is -0.650. The van der Waals surface area contributed by atoms with Gasteiger partial charge in [-0.1, -0.05) is 34.1 Å². The second-order valence-electron chi connectivity index (χ2n) is 15.7. The van der Waals surface area contributed by atoms with Crippen LogP contribution in [0.3, 0.4) is 0 Å². The molecule has 3 aliphatic carbocycles. The smallest absolute Gasteiger partial charge is 0.302 e. The van der Waals surface area contributed by atoms with Crippen LogP contribution in [0.5, 0.6) is 0 Å². The molecule has 4 saturated heterocycles. The minimum atomic E-state index is -0.870. The van der Waals surface area contributed by atoms with Crippen LogP contribution >= 0.6 is 0 Å². The second-order valence-corrected chi connectivity index (χ2v) is 15.7. The molecule has 7 aliphatic rings. The van der Waals surface area contributed by atoms with E-state index in [2.05, 4.69) is 39.5 Å². The molecule has 0 radical (unpaired) electrons. The van der Waals surface area contributed by atoms with Gasteiger partial charge in [-0.05, 0) is 106 Å². The van der Waals surface area contributed by atoms with Crippen molar-refractivity contribution in [3.05, 3.63) is 0 Å². The number of carbonyl (C=O) groups excluding carboxylic acids is 1. The largest absolute Gasteiger partial charge is 0.462 e. The van der Waals surface area contributed by atoms with Gasteiger partial charge in [0.25, 0.3) is 0 Å². The average Bonchev–Trinajstić information content (AvgIpc) is 3.35. The van der Waals surface area contributed by atoms with Crippen molar-refractivity contribution in [3.8, 4) is 0 Å². The van der Waals surface area contributed by atoms with Gasteiger partial charge in [0.2, 0.25) is 0 Å². The Morgan fingerprint density at radius 3 is 2.59 bits per heavy atom. The van der Waals surface area contributed by atoms with E-state index >= 15 is 0 Å². The van der Waals surface area contributed by atoms with Gasteiger partial charge in [-0.2, -0.15) is 0 Å². The summed E-state index contributed by atoms with van der Waals surface area (Å²) in [5.41, 5.74) is 0.348. The van der Waals surface area contributed by atoms with Crippen molar-refractivity contribution in [1.82, 2.24) is 4.90 Å². The second kappa shape index (κ2) is 7.75. The molecule has 13 atom stereocenters. The predicted molar refractivity (Wildman–Crippen MR) is 143 cm³/mol. The highest BCUT2D eigenvalue weighted by atomic mass is 16.6. The number of hydrogen-bond acceptors (Lipinski definition) is 5. The first-order valence-corrected chi connectivity index (χ1v) is 15.7. The molecule has 4 heterocycles. The summed E-state index contributed by atoms with van der Waals surface area (Å²) in [6.45, 7) is 14.9. The first-order chi connectivity index (χ1) is 17.4. The number of aliphatic hydroxyl groups excluding tert-OH is 1. The molecule has 4 aliphatic heterocycles. The molecule has 1 N–H and O–H groups in total. The molecule has 7 bridgehead atoms. The summed E-state index contributed by atoms with van der Waals surface area (Å²) in [4.78, 5) is 15.2. The van der Waals surface area contributed by atoms with E-state index in [-0.39, 0.29) is 23.6 Å². The third kappa shape index (κ3) is 2.81. The molecule has 0 amide bonds. The van der Waals surface area contributed by atoms with Crippen LogP contribution in [0.2, 0.25) is 0 Å². The van der Waals surface area contributed by atoms with Gasteiger partial charge in [-0.15, -0.1) is 0 Å². The van der Waals surface area contributed by atoms with Crippen molar-refractivity contribution < 1.29 is 19.4 Å². The van der Waals surface area contributed by atoms with Crippen LogP contribution in [0, 0.1) is 45.8 Å². The topological polar surface area (TPSA) is 59.0 Å². The van der Waals surface area contributed by atoms with E-state index in [0.29, 0.717) is 22.4 Å². The van der Waals surface area contributed by atoms with Crippen LogP contribution in [-0.4, -0.2) is 52.1 Å². The van der Waals surface area contributed by atoms with E-state index in [4.69, 9.17) is 9.47 Å². The summed E-state index contributed by atoms with van der Waals surface area (Å²) < 4.78 is 12.3. The molecule has 7 rings (SSSR count). The average molecular weight is 514 g/mol. The number of nitrogens with zero attached hydrogens (tertiary/aromatic N) is 1. The lowest BCUT2D eigenvalue weighted by molar-refractivity contribution is -0.188. The van der Waals surface area contributed by atoms with Gasteiger partial charge in [0.1, 0.15) is 6.10 Å². The van der Waals surface area contributed by atoms with Crippen LogP contribution in [-0.2, 0) is 14.3 Å². The monoisotopic (exact) mass is 513 g/mol. The highest BCUT2D eigenvalue weighted by Crippen LogP contribution is 2.79. The maximum absolute atomic E-state index is 12.1. The van der Waals surface area contributed by atoms with Crippen molar-refractivity contribution in [1.29, 1.82) is 0 Å². The van der Waals surface area contributed by atoms with Gasteiger partial charge in [-0.3, -0.25) is 9.69 Å². The molecule has 5 nitrogen and oxygen atoms in total. The molecule has 0 aromatic carbocycles. The zero-order chi connectivity index (χ0) is 26.2. The first kappa shape index (κ1) is 25.3. The Bertz CT molecular complexity index is 984. The number of piperidine rings is 2. The van der Waals surface area contributed by atoms with E-state index in [1.807, 2.05) is 0 Å². The Kier molecular flexibility index (Phi) is 5.31. The van der Waals surface area contributed by atoms with Gasteiger partial charge in [0, 0.05) is 31.0 Å². The summed E-state index contributed by atoms with van der Waals surface area (Å²) in [7, 11) is 0. The third-order valence-corrected chi connectivity index (χ3v) is 14.5. The summed E-state index contributed by atoms with van der Waals surface area (Å²) in [6, 6.07) is 0.713. The van der Waals surface area contributed by atoms with Crippen molar-refractivity contribution in [3.63, 3.8) is 0 Å². The van der Waals surface area contributed by atoms with Crippen LogP contribution in [0.15, 0.2) is 0 Å². The zero-order valence-corrected chi connectivity index (χ0v) is 24.2. The minimum absolute atomic E-state index is 0.204. The van der Waals surface area contributed by atoms with E-state index in [9.17, 15) is 9.90 Å². The highest BCUT2D eigenvalue weighted by molar-refractivity contribution is 5.66. The van der Waals surface area contributed by atoms with Gasteiger partial charge >= 0.3 is 5.97 Å². The lowest BCUT2D eigenvalue weighted by Crippen LogP contribution is -2.68. The molecule has 7 fully saturated rings. The van der Waals surface area contributed by atoms with E-state index in [1.165, 1.54) is 64.8 Å². The Labute approximate surface area is 224 Å². The Morgan fingerprint density at radius 2 is 1.86 bits per heavy atom. The molecule has 1 unspecified atom stereocenters. The SMILES string of the molecule is CC(=O)O[C@@H]1CC[C@@]2(C)O[C@H](O)[C@@]1(C)[C@@H]2CC[C@@]12[C@@H]3CCC[C@@]34CC[C@H]3CN4[C@@H]1[C@H](C(C)C)CC[C@@]32C. The molecule has 1 spiro atoms. The molecular formula is C32H51NO4. The predicted octanol–water partition coefficient (Wildman–Crippen LogP) is 5.93. The number of carbonyl (C=O) groups is 1. The molecule has 3 saturated carbocycles. The first-order valence-electron chi connectivity index (χ1n) is 15.7. The van der Waals surface area contributed by atoms with Crippen LogP contribution in [0.25, 0.3) is 0 Å². The maximum atomic E-state index is 12.1. The lowest BCUT2D eigenvalue weighted by Gasteiger charge is -2.67. The van der Waals surface area contributed by atoms with Crippen molar-refractivity contribution in [2.75, 3.05) is 6.54 Å². The number of hydrogen-bond donors (Lipinski definition) is 1. The van der Waals surface area contributed by atoms with Crippen LogP contribution in [0.4, 0.5) is 0 Å². The summed E-state index contributed by atoms with van der Waals surface area (Å²) in [5.74, 6) is 3.13. The molecule has 37 heavy (non-hydrogen) atoms. The van der Waals surface area contributed by atoms with Gasteiger partial charge in [-0.25, -0.2) is 0 Å². The summed E-state index contributed by atoms with van der Waals surface area (Å²) in [6.07, 6.45) is 12.7. The molecule has 0 aromatic heterocycles. The van der Waals surface area contributed by atoms with Crippen LogP contribution < -0.4 is 0 Å². The van der Waals surface area contributed by atoms with E-state index < -0.39 is 11.7 Å². The fourth-order valence-corrected chi connectivity index (χ4v) is 13.0. The highest BCUT2D eigenvalue weighted by Gasteiger charge is 2.80. The number of aliphatic hydroxyl groups is 1. The number of esters is 1. The lowest BCUT2D eigenvalue weighted by atomic mass is 9.41. The summed E-state index contributed by atoms with van der Waals surface area (Å²) in [5, 5.41) is 11.3. The van der Waals surface area contributed by atoms with E-state index in [0.717, 1.165) is 42.9 Å². The number of rotatable bonds is 5. The quantitative estimate of drug-likeness (QED) is 0.462. The summed E-state index contributed by atoms with van der Waals surface area (Å²) >= 11 is 0. The van der Waals surface area contributed by atoms with Gasteiger partial charge in [0.15, 0.2) is 6.29 Å². The van der Waals surface area contributed by atoms with E-state index in [1.54, 1.807) is 0 Å². The fourth-order valence-electron chi connectivity index (χ4n) is 13.0. The standard InChI is InChI=1S/C32H51NO4/c1-19(2)22-10-14-28(4)21-9-16-31-13-7-8-24(31)32(28,26(22)33(31)18-21)17-11-23-29(5)15-12-25(36-20(3)34)30(23,6)27(35)37-29/h19,21-27,35H,7-18H2,1-6H3/t21-,22-,23+,24+,25+,26+,27-,28-,29+,30-,31+,32+/m0/s1. The Morgan fingerprint density at radius 1 is 1.08 bits per heavy atom. The van der Waals surface area contributed by atoms with Crippen molar-refractivity contribution in [2.24, 2.45) is 45.8 Å². The molecule has 208 valence electrons. The normalized spacial score (nSPS) is 59.1. The number of ether oxygens (including phenoxy) is 2. The molecule has 0 aromatic rings. The third-order valence-electron chi connectivity index (χ3n) is 14.5. The minimum Gasteiger partial charge on any atom is -0.462 e. The molecular weight excluding hydrogens is 462 g/mol. The Balaban J connectivity index is 1.30. The zero-order valence-electron chi connectivity index (χ0n) is 24.2. The van der Waals surface area contributed by atoms with Crippen LogP contribution in [0.1, 0.15) is 112 Å². The van der Waals surface area contributed by atoms with Gasteiger partial charge in [0.05, 0.1) is 11.0 Å². The van der Waals surface area contributed by atoms with Crippen molar-refractivity contribution >= 4 is 5.97 Å². The van der Waals surface area contributed by atoms with Gasteiger partial charge < -0.3 is 14.6 Å².